The van der Waals surface area contributed by atoms with E-state index in [0.29, 0.717) is 0 Å². The normalized spacial score (nSPS) is 19.3. The first-order valence-corrected chi connectivity index (χ1v) is 5.85. The van der Waals surface area contributed by atoms with Crippen molar-refractivity contribution in [2.45, 2.75) is 45.1 Å². The predicted octanol–water partition coefficient (Wildman–Crippen LogP) is 2.72. The summed E-state index contributed by atoms with van der Waals surface area (Å²) in [6, 6.07) is 4.32. The number of aliphatic hydroxyl groups excluding tert-OH is 1. The van der Waals surface area contributed by atoms with E-state index in [4.69, 9.17) is 4.74 Å². The van der Waals surface area contributed by atoms with Crippen LogP contribution in [0.15, 0.2) is 12.1 Å². The quantitative estimate of drug-likeness (QED) is 0.848. The molecule has 88 valence electrons. The van der Waals surface area contributed by atoms with Crippen LogP contribution in [-0.2, 0) is 5.41 Å². The molecule has 1 unspecified atom stereocenters. The van der Waals surface area contributed by atoms with Gasteiger partial charge >= 0.3 is 0 Å². The van der Waals surface area contributed by atoms with Crippen molar-refractivity contribution in [1.29, 1.82) is 0 Å². The smallest absolute Gasteiger partial charge is 0.124 e. The number of aryl methyl sites for hydroxylation is 2. The maximum atomic E-state index is 9.87. The Labute approximate surface area is 97.3 Å². The van der Waals surface area contributed by atoms with Gasteiger partial charge in [0.1, 0.15) is 5.75 Å². The van der Waals surface area contributed by atoms with Gasteiger partial charge in [0.05, 0.1) is 13.2 Å². The molecule has 0 spiro atoms. The lowest BCUT2D eigenvalue weighted by Crippen LogP contribution is -2.22. The summed E-state index contributed by atoms with van der Waals surface area (Å²) < 4.78 is 5.36. The Morgan fingerprint density at radius 3 is 2.06 bits per heavy atom. The van der Waals surface area contributed by atoms with E-state index in [1.54, 1.807) is 7.11 Å². The second-order valence-corrected chi connectivity index (χ2v) is 4.98. The number of benzene rings is 1. The predicted molar refractivity (Wildman–Crippen MR) is 65.1 cm³/mol. The number of rotatable bonds is 3. The SMILES string of the molecule is COc1c(C)cc(C2(C(C)O)CC2)cc1C. The van der Waals surface area contributed by atoms with Gasteiger partial charge in [0.2, 0.25) is 0 Å². The molecule has 0 radical (unpaired) electrons. The Bertz CT molecular complexity index is 380. The fourth-order valence-corrected chi connectivity index (χ4v) is 2.64. The van der Waals surface area contributed by atoms with Crippen LogP contribution in [0.4, 0.5) is 0 Å². The Balaban J connectivity index is 2.45. The highest BCUT2D eigenvalue weighted by Crippen LogP contribution is 2.51. The van der Waals surface area contributed by atoms with Crippen LogP contribution in [0.25, 0.3) is 0 Å². The summed E-state index contributed by atoms with van der Waals surface area (Å²) in [5.41, 5.74) is 3.59. The van der Waals surface area contributed by atoms with E-state index in [0.717, 1.165) is 29.7 Å². The van der Waals surface area contributed by atoms with Gasteiger partial charge in [-0.15, -0.1) is 0 Å². The van der Waals surface area contributed by atoms with E-state index in [-0.39, 0.29) is 11.5 Å². The first kappa shape index (κ1) is 11.5. The van der Waals surface area contributed by atoms with Crippen molar-refractivity contribution < 1.29 is 9.84 Å². The summed E-state index contributed by atoms with van der Waals surface area (Å²) in [5.74, 6) is 0.963. The first-order chi connectivity index (χ1) is 7.51. The molecule has 1 aliphatic carbocycles. The van der Waals surface area contributed by atoms with Gasteiger partial charge in [0.25, 0.3) is 0 Å². The Hall–Kier alpha value is -1.02. The first-order valence-electron chi connectivity index (χ1n) is 5.85. The van der Waals surface area contributed by atoms with Crippen molar-refractivity contribution in [1.82, 2.24) is 0 Å². The molecule has 0 aromatic heterocycles. The maximum Gasteiger partial charge on any atom is 0.124 e. The third-order valence-electron chi connectivity index (χ3n) is 3.83. The molecule has 2 rings (SSSR count). The third kappa shape index (κ3) is 1.61. The zero-order valence-corrected chi connectivity index (χ0v) is 10.5. The minimum atomic E-state index is -0.264. The minimum absolute atomic E-state index is 0.0157. The standard InChI is InChI=1S/C14H20O2/c1-9-7-12(8-10(2)13(9)16-4)14(5-6-14)11(3)15/h7-8,11,15H,5-6H2,1-4H3. The van der Waals surface area contributed by atoms with E-state index in [2.05, 4.69) is 26.0 Å². The number of ether oxygens (including phenoxy) is 1. The third-order valence-corrected chi connectivity index (χ3v) is 3.83. The van der Waals surface area contributed by atoms with E-state index in [1.165, 1.54) is 5.56 Å². The van der Waals surface area contributed by atoms with Gasteiger partial charge in [0.15, 0.2) is 0 Å². The molecule has 1 atom stereocenters. The zero-order valence-electron chi connectivity index (χ0n) is 10.5. The van der Waals surface area contributed by atoms with Crippen molar-refractivity contribution >= 4 is 0 Å². The largest absolute Gasteiger partial charge is 0.496 e. The zero-order chi connectivity index (χ0) is 11.9. The molecular weight excluding hydrogens is 200 g/mol. The number of methoxy groups -OCH3 is 1. The average molecular weight is 220 g/mol. The van der Waals surface area contributed by atoms with Crippen LogP contribution in [-0.4, -0.2) is 18.3 Å². The Morgan fingerprint density at radius 1 is 1.25 bits per heavy atom. The molecule has 1 saturated carbocycles. The molecule has 2 nitrogen and oxygen atoms in total. The van der Waals surface area contributed by atoms with Crippen LogP contribution in [0.1, 0.15) is 36.5 Å². The summed E-state index contributed by atoms with van der Waals surface area (Å²) in [6.07, 6.45) is 1.92. The van der Waals surface area contributed by atoms with E-state index >= 15 is 0 Å². The molecule has 1 aromatic rings. The maximum absolute atomic E-state index is 9.87. The molecule has 0 bridgehead atoms. The number of hydrogen-bond acceptors (Lipinski definition) is 2. The molecule has 1 aromatic carbocycles. The van der Waals surface area contributed by atoms with Gasteiger partial charge in [-0.05, 0) is 50.3 Å². The number of hydrogen-bond donors (Lipinski definition) is 1. The highest BCUT2D eigenvalue weighted by Gasteiger charge is 2.48. The van der Waals surface area contributed by atoms with Crippen molar-refractivity contribution in [2.24, 2.45) is 0 Å². The minimum Gasteiger partial charge on any atom is -0.496 e. The van der Waals surface area contributed by atoms with Gasteiger partial charge in [-0.3, -0.25) is 0 Å². The topological polar surface area (TPSA) is 29.5 Å². The summed E-state index contributed by atoms with van der Waals surface area (Å²) in [5, 5.41) is 9.87. The van der Waals surface area contributed by atoms with Crippen LogP contribution in [0, 0.1) is 13.8 Å². The molecule has 16 heavy (non-hydrogen) atoms. The Kier molecular flexibility index (Phi) is 2.70. The molecular formula is C14H20O2. The van der Waals surface area contributed by atoms with Crippen molar-refractivity contribution in [3.8, 4) is 5.75 Å². The molecule has 1 fully saturated rings. The van der Waals surface area contributed by atoms with Gasteiger partial charge in [-0.1, -0.05) is 12.1 Å². The molecule has 0 saturated heterocycles. The second-order valence-electron chi connectivity index (χ2n) is 4.98. The van der Waals surface area contributed by atoms with E-state index < -0.39 is 0 Å². The highest BCUT2D eigenvalue weighted by molar-refractivity contribution is 5.47. The fourth-order valence-electron chi connectivity index (χ4n) is 2.64. The molecule has 1 N–H and O–H groups in total. The monoisotopic (exact) mass is 220 g/mol. The summed E-state index contributed by atoms with van der Waals surface area (Å²) >= 11 is 0. The molecule has 0 heterocycles. The average Bonchev–Trinajstić information content (AvgIpc) is 2.97. The van der Waals surface area contributed by atoms with E-state index in [1.807, 2.05) is 6.92 Å². The fraction of sp³-hybridized carbons (Fsp3) is 0.571. The van der Waals surface area contributed by atoms with Crippen molar-refractivity contribution in [3.63, 3.8) is 0 Å². The summed E-state index contributed by atoms with van der Waals surface area (Å²) in [7, 11) is 1.70. The van der Waals surface area contributed by atoms with Crippen molar-refractivity contribution in [3.05, 3.63) is 28.8 Å². The molecule has 0 amide bonds. The van der Waals surface area contributed by atoms with Crippen LogP contribution < -0.4 is 4.74 Å². The van der Waals surface area contributed by atoms with Gasteiger partial charge in [-0.25, -0.2) is 0 Å². The second kappa shape index (κ2) is 3.77. The van der Waals surface area contributed by atoms with Gasteiger partial charge < -0.3 is 9.84 Å². The lowest BCUT2D eigenvalue weighted by molar-refractivity contribution is 0.150. The molecule has 1 aliphatic rings. The van der Waals surface area contributed by atoms with Gasteiger partial charge in [-0.2, -0.15) is 0 Å². The summed E-state index contributed by atoms with van der Waals surface area (Å²) in [4.78, 5) is 0. The van der Waals surface area contributed by atoms with Gasteiger partial charge in [0, 0.05) is 5.41 Å². The van der Waals surface area contributed by atoms with Crippen LogP contribution in [0.2, 0.25) is 0 Å². The highest BCUT2D eigenvalue weighted by atomic mass is 16.5. The lowest BCUT2D eigenvalue weighted by atomic mass is 9.88. The molecule has 0 aliphatic heterocycles. The summed E-state index contributed by atoms with van der Waals surface area (Å²) in [6.45, 7) is 6.02. The van der Waals surface area contributed by atoms with Crippen molar-refractivity contribution in [2.75, 3.05) is 7.11 Å². The van der Waals surface area contributed by atoms with Crippen LogP contribution in [0.3, 0.4) is 0 Å². The Morgan fingerprint density at radius 2 is 1.75 bits per heavy atom. The van der Waals surface area contributed by atoms with Crippen LogP contribution in [0.5, 0.6) is 5.75 Å². The van der Waals surface area contributed by atoms with Crippen LogP contribution >= 0.6 is 0 Å². The molecule has 2 heteroatoms. The lowest BCUT2D eigenvalue weighted by Gasteiger charge is -2.21. The number of aliphatic hydroxyl groups is 1. The van der Waals surface area contributed by atoms with E-state index in [9.17, 15) is 5.11 Å².